The second-order valence-electron chi connectivity index (χ2n) is 9.79. The first-order valence-corrected chi connectivity index (χ1v) is 15.0. The highest BCUT2D eigenvalue weighted by molar-refractivity contribution is 7.89. The highest BCUT2D eigenvalue weighted by Gasteiger charge is 2.32. The van der Waals surface area contributed by atoms with Crippen LogP contribution in [0.4, 0.5) is 30.8 Å². The van der Waals surface area contributed by atoms with Crippen LogP contribution < -0.4 is 24.4 Å². The molecule has 2 aromatic carbocycles. The monoisotopic (exact) mass is 636 g/mol. The number of hydrogen-bond donors (Lipinski definition) is 1. The predicted octanol–water partition coefficient (Wildman–Crippen LogP) is 3.97. The number of rotatable bonds is 9. The SMILES string of the molecule is COc1cc(Nc2nc(C3=CCN(S(=O)(=O)c4ccc(C(F)(F)F)cc4)CC3)nc(N3CCOCC3)n2)cc(OC)c1OC. The standard InChI is InChI=1S/C28H31F3N6O6S/c1-40-22-16-20(17-23(41-2)24(22)42-3)32-26-33-25(34-27(35-26)36-12-14-43-15-13-36)18-8-10-37(11-9-18)44(38,39)21-6-4-19(5-7-21)28(29,30)31/h4-8,16-17H,9-15H2,1-3H3,(H,32,33,34,35). The molecule has 2 aliphatic heterocycles. The summed E-state index contributed by atoms with van der Waals surface area (Å²) in [7, 11) is 0.503. The van der Waals surface area contributed by atoms with Crippen molar-refractivity contribution < 1.29 is 40.5 Å². The number of benzene rings is 2. The van der Waals surface area contributed by atoms with Crippen molar-refractivity contribution in [3.63, 3.8) is 0 Å². The van der Waals surface area contributed by atoms with Gasteiger partial charge < -0.3 is 29.2 Å². The summed E-state index contributed by atoms with van der Waals surface area (Å²) in [5, 5.41) is 3.18. The van der Waals surface area contributed by atoms with Crippen molar-refractivity contribution in [1.29, 1.82) is 0 Å². The molecular weight excluding hydrogens is 605 g/mol. The van der Waals surface area contributed by atoms with Crippen LogP contribution in [0.3, 0.4) is 0 Å². The quantitative estimate of drug-likeness (QED) is 0.366. The topological polar surface area (TPSA) is 128 Å². The Morgan fingerprint density at radius 2 is 1.57 bits per heavy atom. The van der Waals surface area contributed by atoms with Gasteiger partial charge in [0.05, 0.1) is 45.0 Å². The van der Waals surface area contributed by atoms with Crippen LogP contribution in [0.15, 0.2) is 47.4 Å². The van der Waals surface area contributed by atoms with Crippen LogP contribution in [0.2, 0.25) is 0 Å². The lowest BCUT2D eigenvalue weighted by molar-refractivity contribution is -0.137. The Morgan fingerprint density at radius 3 is 2.11 bits per heavy atom. The molecule has 1 N–H and O–H groups in total. The van der Waals surface area contributed by atoms with Crippen LogP contribution in [0, 0.1) is 0 Å². The Hall–Kier alpha value is -4.15. The molecule has 3 heterocycles. The van der Waals surface area contributed by atoms with Gasteiger partial charge in [-0.3, -0.25) is 0 Å². The van der Waals surface area contributed by atoms with Gasteiger partial charge in [-0.2, -0.15) is 32.4 Å². The Bertz CT molecular complexity index is 1600. The summed E-state index contributed by atoms with van der Waals surface area (Å²) >= 11 is 0. The number of halogens is 3. The largest absolute Gasteiger partial charge is 0.493 e. The molecule has 44 heavy (non-hydrogen) atoms. The number of alkyl halides is 3. The summed E-state index contributed by atoms with van der Waals surface area (Å²) in [5.41, 5.74) is 0.351. The zero-order chi connectivity index (χ0) is 31.5. The van der Waals surface area contributed by atoms with Gasteiger partial charge in [0.25, 0.3) is 0 Å². The number of ether oxygens (including phenoxy) is 4. The van der Waals surface area contributed by atoms with Crippen molar-refractivity contribution in [2.75, 3.05) is 70.9 Å². The number of nitrogens with zero attached hydrogens (tertiary/aromatic N) is 5. The van der Waals surface area contributed by atoms with Crippen molar-refractivity contribution in [2.24, 2.45) is 0 Å². The number of methoxy groups -OCH3 is 3. The summed E-state index contributed by atoms with van der Waals surface area (Å²) in [6, 6.07) is 6.89. The molecule has 1 aromatic heterocycles. The summed E-state index contributed by atoms with van der Waals surface area (Å²) in [6.45, 7) is 2.25. The molecule has 12 nitrogen and oxygen atoms in total. The van der Waals surface area contributed by atoms with Gasteiger partial charge in [-0.1, -0.05) is 6.08 Å². The third kappa shape index (κ3) is 6.66. The van der Waals surface area contributed by atoms with Gasteiger partial charge in [-0.15, -0.1) is 0 Å². The summed E-state index contributed by atoms with van der Waals surface area (Å²) in [4.78, 5) is 15.7. The first-order chi connectivity index (χ1) is 21.0. The highest BCUT2D eigenvalue weighted by Crippen LogP contribution is 2.40. The third-order valence-corrected chi connectivity index (χ3v) is 9.00. The molecule has 3 aromatic rings. The molecule has 0 aliphatic carbocycles. The maximum atomic E-state index is 13.2. The molecule has 0 atom stereocenters. The zero-order valence-corrected chi connectivity index (χ0v) is 25.0. The van der Waals surface area contributed by atoms with E-state index in [4.69, 9.17) is 23.9 Å². The van der Waals surface area contributed by atoms with Crippen molar-refractivity contribution in [1.82, 2.24) is 19.3 Å². The fraction of sp³-hybridized carbons (Fsp3) is 0.393. The van der Waals surface area contributed by atoms with Gasteiger partial charge in [0.15, 0.2) is 17.3 Å². The molecule has 2 aliphatic rings. The number of morpholine rings is 1. The number of hydrogen-bond acceptors (Lipinski definition) is 11. The summed E-state index contributed by atoms with van der Waals surface area (Å²) in [5.74, 6) is 2.32. The molecule has 236 valence electrons. The lowest BCUT2D eigenvalue weighted by Gasteiger charge is -2.28. The van der Waals surface area contributed by atoms with Gasteiger partial charge in [-0.25, -0.2) is 8.42 Å². The number of aromatic nitrogens is 3. The van der Waals surface area contributed by atoms with Gasteiger partial charge in [0.2, 0.25) is 27.7 Å². The van der Waals surface area contributed by atoms with Gasteiger partial charge in [0, 0.05) is 44.0 Å². The van der Waals surface area contributed by atoms with E-state index in [0.29, 0.717) is 66.6 Å². The average Bonchev–Trinajstić information content (AvgIpc) is 3.04. The maximum absolute atomic E-state index is 13.2. The van der Waals surface area contributed by atoms with Crippen LogP contribution in [0.1, 0.15) is 17.8 Å². The number of nitrogens with one attached hydrogen (secondary N) is 1. The van der Waals surface area contributed by atoms with Crippen molar-refractivity contribution in [3.8, 4) is 17.2 Å². The summed E-state index contributed by atoms with van der Waals surface area (Å²) < 4.78 is 88.2. The highest BCUT2D eigenvalue weighted by atomic mass is 32.2. The average molecular weight is 637 g/mol. The lowest BCUT2D eigenvalue weighted by atomic mass is 10.1. The molecule has 16 heteroatoms. The Kier molecular flexibility index (Phi) is 9.12. The first kappa shape index (κ1) is 31.3. The van der Waals surface area contributed by atoms with E-state index < -0.39 is 21.8 Å². The van der Waals surface area contributed by atoms with Gasteiger partial charge in [0.1, 0.15) is 0 Å². The van der Waals surface area contributed by atoms with Crippen molar-refractivity contribution >= 4 is 33.2 Å². The summed E-state index contributed by atoms with van der Waals surface area (Å²) in [6.07, 6.45) is -2.59. The molecule has 5 rings (SSSR count). The molecule has 0 spiro atoms. The molecule has 0 amide bonds. The molecule has 1 saturated heterocycles. The minimum atomic E-state index is -4.56. The van der Waals surface area contributed by atoms with Gasteiger partial charge >= 0.3 is 6.18 Å². The predicted molar refractivity (Wildman–Crippen MR) is 155 cm³/mol. The molecule has 0 saturated carbocycles. The fourth-order valence-electron chi connectivity index (χ4n) is 4.79. The van der Waals surface area contributed by atoms with E-state index in [2.05, 4.69) is 15.3 Å². The minimum Gasteiger partial charge on any atom is -0.493 e. The fourth-order valence-corrected chi connectivity index (χ4v) is 6.17. The number of sulfonamides is 1. The van der Waals surface area contributed by atoms with E-state index in [1.165, 1.54) is 25.6 Å². The molecule has 1 fully saturated rings. The first-order valence-electron chi connectivity index (χ1n) is 13.6. The van der Waals surface area contributed by atoms with Crippen molar-refractivity contribution in [2.45, 2.75) is 17.5 Å². The molecule has 0 bridgehead atoms. The lowest BCUT2D eigenvalue weighted by Crippen LogP contribution is -2.38. The van der Waals surface area contributed by atoms with E-state index in [9.17, 15) is 21.6 Å². The maximum Gasteiger partial charge on any atom is 0.416 e. The second kappa shape index (κ2) is 12.8. The van der Waals surface area contributed by atoms with E-state index >= 15 is 0 Å². The van der Waals surface area contributed by atoms with E-state index in [-0.39, 0.29) is 30.4 Å². The van der Waals surface area contributed by atoms with Crippen LogP contribution in [0.5, 0.6) is 17.2 Å². The third-order valence-electron chi connectivity index (χ3n) is 7.12. The zero-order valence-electron chi connectivity index (χ0n) is 24.2. The van der Waals surface area contributed by atoms with E-state index in [1.807, 2.05) is 4.90 Å². The van der Waals surface area contributed by atoms with Crippen LogP contribution >= 0.6 is 0 Å². The molecule has 0 radical (unpaired) electrons. The molecular formula is C28H31F3N6O6S. The van der Waals surface area contributed by atoms with Crippen LogP contribution in [-0.2, 0) is 20.9 Å². The van der Waals surface area contributed by atoms with E-state index in [1.54, 1.807) is 18.2 Å². The van der Waals surface area contributed by atoms with Crippen molar-refractivity contribution in [3.05, 3.63) is 53.9 Å². The molecule has 0 unspecified atom stereocenters. The normalized spacial score (nSPS) is 16.3. The van der Waals surface area contributed by atoms with E-state index in [0.717, 1.165) is 24.3 Å². The Labute approximate surface area is 252 Å². The van der Waals surface area contributed by atoms with Crippen LogP contribution in [-0.4, -0.2) is 88.4 Å². The second-order valence-corrected chi connectivity index (χ2v) is 11.7. The van der Waals surface area contributed by atoms with Gasteiger partial charge in [-0.05, 0) is 36.3 Å². The van der Waals surface area contributed by atoms with Crippen LogP contribution in [0.25, 0.3) is 5.57 Å². The Balaban J connectivity index is 1.43. The number of anilines is 3. The smallest absolute Gasteiger partial charge is 0.416 e. The Morgan fingerprint density at radius 1 is 0.909 bits per heavy atom. The minimum absolute atomic E-state index is 0.00704.